The fourth-order valence-electron chi connectivity index (χ4n) is 1.47. The van der Waals surface area contributed by atoms with Crippen molar-refractivity contribution in [3.63, 3.8) is 0 Å². The molecule has 0 atom stereocenters. The summed E-state index contributed by atoms with van der Waals surface area (Å²) in [6.45, 7) is 6.02. The van der Waals surface area contributed by atoms with Crippen LogP contribution in [0.25, 0.3) is 0 Å². The molecule has 1 aromatic rings. The first kappa shape index (κ1) is 13.6. The van der Waals surface area contributed by atoms with Crippen LogP contribution in [0, 0.1) is 0 Å². The lowest BCUT2D eigenvalue weighted by atomic mass is 10.4. The van der Waals surface area contributed by atoms with Crippen LogP contribution in [0.3, 0.4) is 0 Å². The minimum absolute atomic E-state index is 0.344. The van der Waals surface area contributed by atoms with Crippen LogP contribution in [-0.4, -0.2) is 31.1 Å². The van der Waals surface area contributed by atoms with Crippen molar-refractivity contribution >= 4 is 23.0 Å². The fraction of sp³-hybridized carbons (Fsp3) is 0.500. The van der Waals surface area contributed by atoms with Gasteiger partial charge in [-0.2, -0.15) is 0 Å². The number of hydrogen-bond acceptors (Lipinski definition) is 2. The van der Waals surface area contributed by atoms with Crippen LogP contribution in [0.4, 0.5) is 0 Å². The van der Waals surface area contributed by atoms with Crippen molar-refractivity contribution in [3.8, 4) is 0 Å². The molecule has 0 radical (unpaired) electrons. The highest BCUT2D eigenvalue weighted by molar-refractivity contribution is 7.11. The molecule has 0 bridgehead atoms. The van der Waals surface area contributed by atoms with Gasteiger partial charge in [-0.05, 0) is 12.8 Å². The summed E-state index contributed by atoms with van der Waals surface area (Å²) in [4.78, 5) is 0. The molecule has 0 aliphatic rings. The molecule has 90 valence electrons. The van der Waals surface area contributed by atoms with E-state index in [2.05, 4.69) is 44.2 Å². The molecule has 1 aromatic carbocycles. The summed E-state index contributed by atoms with van der Waals surface area (Å²) in [5.41, 5.74) is 0. The first-order valence-electron chi connectivity index (χ1n) is 6.14. The van der Waals surface area contributed by atoms with Crippen LogP contribution in [-0.2, 0) is 8.85 Å². The van der Waals surface area contributed by atoms with Crippen molar-refractivity contribution in [1.82, 2.24) is 0 Å². The summed E-state index contributed by atoms with van der Waals surface area (Å²) in [6.07, 6.45) is 2.17. The molecule has 0 fully saturated rings. The maximum absolute atomic E-state index is 5.88. The van der Waals surface area contributed by atoms with Crippen LogP contribution in [0.2, 0.25) is 0 Å². The largest absolute Gasteiger partial charge is 0.399 e. The van der Waals surface area contributed by atoms with E-state index in [9.17, 15) is 0 Å². The zero-order chi connectivity index (χ0) is 11.6. The second-order valence-corrected chi connectivity index (χ2v) is 9.84. The van der Waals surface area contributed by atoms with Gasteiger partial charge in [0.15, 0.2) is 0 Å². The lowest BCUT2D eigenvalue weighted by molar-refractivity contribution is 0.213. The van der Waals surface area contributed by atoms with Crippen LogP contribution < -0.4 is 5.19 Å². The van der Waals surface area contributed by atoms with E-state index in [1.165, 1.54) is 5.19 Å². The van der Waals surface area contributed by atoms with Crippen LogP contribution in [0.1, 0.15) is 26.7 Å². The van der Waals surface area contributed by atoms with Gasteiger partial charge in [0.05, 0.1) is 0 Å². The Morgan fingerprint density at radius 1 is 1.00 bits per heavy atom. The molecular formula is C12H22O2Si2. The molecule has 0 amide bonds. The lowest BCUT2D eigenvalue weighted by Crippen LogP contribution is -2.38. The van der Waals surface area contributed by atoms with Crippen molar-refractivity contribution in [3.05, 3.63) is 30.3 Å². The molecule has 0 spiro atoms. The molecule has 2 nitrogen and oxygen atoms in total. The molecule has 0 unspecified atom stereocenters. The first-order chi connectivity index (χ1) is 7.86. The van der Waals surface area contributed by atoms with Crippen molar-refractivity contribution in [2.24, 2.45) is 0 Å². The molecule has 0 saturated carbocycles. The smallest absolute Gasteiger partial charge is 0.298 e. The van der Waals surface area contributed by atoms with Gasteiger partial charge in [-0.15, -0.1) is 0 Å². The van der Waals surface area contributed by atoms with Gasteiger partial charge in [-0.25, -0.2) is 0 Å². The summed E-state index contributed by atoms with van der Waals surface area (Å²) in [5, 5.41) is 1.46. The molecule has 0 aliphatic heterocycles. The molecule has 16 heavy (non-hydrogen) atoms. The highest BCUT2D eigenvalue weighted by atomic mass is 29.2. The summed E-state index contributed by atoms with van der Waals surface area (Å²) >= 11 is 0. The predicted octanol–water partition coefficient (Wildman–Crippen LogP) is 1.05. The van der Waals surface area contributed by atoms with E-state index >= 15 is 0 Å². The molecular weight excluding hydrogens is 232 g/mol. The molecule has 4 heteroatoms. The van der Waals surface area contributed by atoms with E-state index in [0.29, 0.717) is 0 Å². The Bertz CT molecular complexity index is 259. The Morgan fingerprint density at radius 2 is 1.56 bits per heavy atom. The quantitative estimate of drug-likeness (QED) is 0.646. The van der Waals surface area contributed by atoms with Crippen molar-refractivity contribution in [2.45, 2.75) is 26.7 Å². The van der Waals surface area contributed by atoms with E-state index in [0.717, 1.165) is 26.1 Å². The summed E-state index contributed by atoms with van der Waals surface area (Å²) in [7, 11) is -1.70. The predicted molar refractivity (Wildman–Crippen MR) is 74.3 cm³/mol. The summed E-state index contributed by atoms with van der Waals surface area (Å²) in [5.74, 6) is 0. The minimum Gasteiger partial charge on any atom is -0.399 e. The first-order valence-corrected chi connectivity index (χ1v) is 11.1. The zero-order valence-electron chi connectivity index (χ0n) is 10.3. The highest BCUT2D eigenvalue weighted by Crippen LogP contribution is 1.93. The second kappa shape index (κ2) is 8.69. The van der Waals surface area contributed by atoms with Crippen LogP contribution in [0.15, 0.2) is 30.3 Å². The zero-order valence-corrected chi connectivity index (χ0v) is 12.9. The highest BCUT2D eigenvalue weighted by Gasteiger charge is 2.14. The van der Waals surface area contributed by atoms with E-state index in [-0.39, 0.29) is 9.04 Å². The topological polar surface area (TPSA) is 18.5 Å². The third-order valence-electron chi connectivity index (χ3n) is 2.26. The van der Waals surface area contributed by atoms with E-state index < -0.39 is 8.80 Å². The van der Waals surface area contributed by atoms with E-state index in [1.807, 2.05) is 0 Å². The van der Waals surface area contributed by atoms with Crippen molar-refractivity contribution in [1.29, 1.82) is 0 Å². The Kier molecular flexibility index (Phi) is 7.41. The van der Waals surface area contributed by atoms with Gasteiger partial charge in [-0.1, -0.05) is 49.4 Å². The van der Waals surface area contributed by atoms with Crippen LogP contribution >= 0.6 is 0 Å². The van der Waals surface area contributed by atoms with Gasteiger partial charge in [0.1, 0.15) is 9.04 Å². The van der Waals surface area contributed by atoms with Gasteiger partial charge in [0, 0.05) is 13.2 Å². The van der Waals surface area contributed by atoms with Gasteiger partial charge in [-0.3, -0.25) is 0 Å². The molecule has 0 heterocycles. The second-order valence-electron chi connectivity index (χ2n) is 3.86. The van der Waals surface area contributed by atoms with E-state index in [1.54, 1.807) is 0 Å². The fourth-order valence-corrected chi connectivity index (χ4v) is 7.41. The van der Waals surface area contributed by atoms with Gasteiger partial charge >= 0.3 is 0 Å². The monoisotopic (exact) mass is 254 g/mol. The molecule has 0 aromatic heterocycles. The van der Waals surface area contributed by atoms with Gasteiger partial charge in [0.25, 0.3) is 8.80 Å². The standard InChI is InChI=1S/C12H22O2Si2/c1-3-10-13-16(14-11-4-2)15-12-8-6-5-7-9-12/h5-9,16H,3-4,10-11,15H2,1-2H3. The van der Waals surface area contributed by atoms with Gasteiger partial charge in [0.2, 0.25) is 0 Å². The average Bonchev–Trinajstić information content (AvgIpc) is 2.34. The van der Waals surface area contributed by atoms with Crippen LogP contribution in [0.5, 0.6) is 0 Å². The SMILES string of the molecule is CCCO[SiH](OCCC)[SiH2]c1ccccc1. The van der Waals surface area contributed by atoms with E-state index in [4.69, 9.17) is 8.85 Å². The third-order valence-corrected chi connectivity index (χ3v) is 8.58. The normalized spacial score (nSPS) is 11.7. The number of benzene rings is 1. The summed E-state index contributed by atoms with van der Waals surface area (Å²) in [6, 6.07) is 10.7. The minimum atomic E-state index is -1.36. The number of hydrogen-bond donors (Lipinski definition) is 0. The maximum atomic E-state index is 5.88. The Hall–Kier alpha value is -0.426. The summed E-state index contributed by atoms with van der Waals surface area (Å²) < 4.78 is 11.8. The number of rotatable bonds is 8. The Labute approximate surface area is 102 Å². The van der Waals surface area contributed by atoms with Gasteiger partial charge < -0.3 is 8.85 Å². The molecule has 1 rings (SSSR count). The average molecular weight is 254 g/mol. The Balaban J connectivity index is 2.42. The van der Waals surface area contributed by atoms with Crippen molar-refractivity contribution in [2.75, 3.05) is 13.2 Å². The molecule has 0 aliphatic carbocycles. The lowest BCUT2D eigenvalue weighted by Gasteiger charge is -2.15. The molecule has 0 N–H and O–H groups in total. The molecule has 0 saturated heterocycles. The maximum Gasteiger partial charge on any atom is 0.298 e. The Morgan fingerprint density at radius 3 is 2.06 bits per heavy atom. The van der Waals surface area contributed by atoms with Crippen molar-refractivity contribution < 1.29 is 8.85 Å². The third kappa shape index (κ3) is 5.60.